The molecule has 0 saturated heterocycles. The molecule has 1 aromatic rings. The smallest absolute Gasteiger partial charge is 0.0175 e. The SMILES string of the molecule is NC(Cc1ccc(Br)cc1)CC1CC1. The van der Waals surface area contributed by atoms with Gasteiger partial charge in [-0.3, -0.25) is 0 Å². The van der Waals surface area contributed by atoms with Crippen LogP contribution in [0.5, 0.6) is 0 Å². The van der Waals surface area contributed by atoms with Gasteiger partial charge in [-0.05, 0) is 36.5 Å². The third-order valence-electron chi connectivity index (χ3n) is 2.74. The van der Waals surface area contributed by atoms with E-state index < -0.39 is 0 Å². The maximum Gasteiger partial charge on any atom is 0.0175 e. The molecule has 1 aliphatic rings. The van der Waals surface area contributed by atoms with Crippen LogP contribution in [0.2, 0.25) is 0 Å². The first kappa shape index (κ1) is 10.2. The van der Waals surface area contributed by atoms with Crippen molar-refractivity contribution in [3.05, 3.63) is 34.3 Å². The van der Waals surface area contributed by atoms with Gasteiger partial charge in [-0.2, -0.15) is 0 Å². The van der Waals surface area contributed by atoms with E-state index in [0.717, 1.165) is 16.8 Å². The molecule has 1 aromatic carbocycles. The van der Waals surface area contributed by atoms with Crippen molar-refractivity contribution in [2.24, 2.45) is 11.7 Å². The summed E-state index contributed by atoms with van der Waals surface area (Å²) in [4.78, 5) is 0. The van der Waals surface area contributed by atoms with Crippen molar-refractivity contribution in [1.82, 2.24) is 0 Å². The van der Waals surface area contributed by atoms with Crippen LogP contribution < -0.4 is 5.73 Å². The minimum Gasteiger partial charge on any atom is -0.327 e. The lowest BCUT2D eigenvalue weighted by molar-refractivity contribution is 0.566. The summed E-state index contributed by atoms with van der Waals surface area (Å²) in [6.45, 7) is 0. The van der Waals surface area contributed by atoms with E-state index in [1.54, 1.807) is 0 Å². The first-order valence-electron chi connectivity index (χ1n) is 5.24. The van der Waals surface area contributed by atoms with E-state index in [2.05, 4.69) is 40.2 Å². The Hall–Kier alpha value is -0.340. The quantitative estimate of drug-likeness (QED) is 0.877. The van der Waals surface area contributed by atoms with Gasteiger partial charge in [0.2, 0.25) is 0 Å². The van der Waals surface area contributed by atoms with Gasteiger partial charge in [0.15, 0.2) is 0 Å². The van der Waals surface area contributed by atoms with Gasteiger partial charge >= 0.3 is 0 Å². The molecule has 1 fully saturated rings. The van der Waals surface area contributed by atoms with Crippen molar-refractivity contribution in [2.75, 3.05) is 0 Å². The first-order valence-corrected chi connectivity index (χ1v) is 6.03. The molecule has 1 nitrogen and oxygen atoms in total. The number of hydrogen-bond donors (Lipinski definition) is 1. The molecule has 0 aliphatic heterocycles. The van der Waals surface area contributed by atoms with Gasteiger partial charge in [0, 0.05) is 10.5 Å². The second-order valence-electron chi connectivity index (χ2n) is 4.27. The molecule has 1 atom stereocenters. The standard InChI is InChI=1S/C12H16BrN/c13-11-5-3-10(4-6-11)8-12(14)7-9-1-2-9/h3-6,9,12H,1-2,7-8,14H2. The van der Waals surface area contributed by atoms with Crippen molar-refractivity contribution < 1.29 is 0 Å². The van der Waals surface area contributed by atoms with Crippen LogP contribution in [0.15, 0.2) is 28.7 Å². The second-order valence-corrected chi connectivity index (χ2v) is 5.19. The summed E-state index contributed by atoms with van der Waals surface area (Å²) in [7, 11) is 0. The molecule has 2 rings (SSSR count). The van der Waals surface area contributed by atoms with E-state index >= 15 is 0 Å². The molecule has 0 radical (unpaired) electrons. The molecule has 0 heterocycles. The maximum absolute atomic E-state index is 6.07. The summed E-state index contributed by atoms with van der Waals surface area (Å²) in [6, 6.07) is 8.81. The van der Waals surface area contributed by atoms with Crippen LogP contribution in [-0.4, -0.2) is 6.04 Å². The Morgan fingerprint density at radius 1 is 1.29 bits per heavy atom. The topological polar surface area (TPSA) is 26.0 Å². The van der Waals surface area contributed by atoms with E-state index in [0.29, 0.717) is 6.04 Å². The third kappa shape index (κ3) is 3.10. The molecule has 0 aromatic heterocycles. The number of nitrogens with two attached hydrogens (primary N) is 1. The fourth-order valence-corrected chi connectivity index (χ4v) is 2.05. The minimum absolute atomic E-state index is 0.351. The van der Waals surface area contributed by atoms with Crippen molar-refractivity contribution in [3.63, 3.8) is 0 Å². The third-order valence-corrected chi connectivity index (χ3v) is 3.27. The molecule has 0 amide bonds. The molecule has 0 spiro atoms. The zero-order valence-corrected chi connectivity index (χ0v) is 9.83. The van der Waals surface area contributed by atoms with E-state index in [-0.39, 0.29) is 0 Å². The molecule has 1 unspecified atom stereocenters. The van der Waals surface area contributed by atoms with Crippen LogP contribution in [0, 0.1) is 5.92 Å². The van der Waals surface area contributed by atoms with Crippen molar-refractivity contribution >= 4 is 15.9 Å². The van der Waals surface area contributed by atoms with Gasteiger partial charge in [0.25, 0.3) is 0 Å². The molecular weight excluding hydrogens is 238 g/mol. The zero-order chi connectivity index (χ0) is 9.97. The summed E-state index contributed by atoms with van der Waals surface area (Å²) in [5.74, 6) is 0.931. The minimum atomic E-state index is 0.351. The molecule has 1 aliphatic carbocycles. The number of hydrogen-bond acceptors (Lipinski definition) is 1. The van der Waals surface area contributed by atoms with Crippen molar-refractivity contribution in [2.45, 2.75) is 31.7 Å². The van der Waals surface area contributed by atoms with Crippen LogP contribution in [0.4, 0.5) is 0 Å². The lowest BCUT2D eigenvalue weighted by Gasteiger charge is -2.10. The van der Waals surface area contributed by atoms with E-state index in [1.807, 2.05) is 0 Å². The Bertz CT molecular complexity index is 290. The highest BCUT2D eigenvalue weighted by Gasteiger charge is 2.23. The second kappa shape index (κ2) is 4.45. The van der Waals surface area contributed by atoms with Crippen LogP contribution in [-0.2, 0) is 6.42 Å². The molecule has 0 bridgehead atoms. The highest BCUT2D eigenvalue weighted by atomic mass is 79.9. The average Bonchev–Trinajstić information content (AvgIpc) is 2.93. The van der Waals surface area contributed by atoms with E-state index in [1.165, 1.54) is 24.8 Å². The van der Waals surface area contributed by atoms with Gasteiger partial charge in [-0.1, -0.05) is 40.9 Å². The summed E-state index contributed by atoms with van der Waals surface area (Å²) in [5, 5.41) is 0. The van der Waals surface area contributed by atoms with Crippen molar-refractivity contribution in [3.8, 4) is 0 Å². The Morgan fingerprint density at radius 2 is 1.93 bits per heavy atom. The maximum atomic E-state index is 6.07. The van der Waals surface area contributed by atoms with Gasteiger partial charge in [0.1, 0.15) is 0 Å². The van der Waals surface area contributed by atoms with Crippen LogP contribution in [0.3, 0.4) is 0 Å². The monoisotopic (exact) mass is 253 g/mol. The van der Waals surface area contributed by atoms with Crippen LogP contribution in [0.25, 0.3) is 0 Å². The average molecular weight is 254 g/mol. The number of halogens is 1. The van der Waals surface area contributed by atoms with Gasteiger partial charge < -0.3 is 5.73 Å². The normalized spacial score (nSPS) is 18.1. The van der Waals surface area contributed by atoms with Crippen molar-refractivity contribution in [1.29, 1.82) is 0 Å². The Labute approximate surface area is 93.8 Å². The molecule has 14 heavy (non-hydrogen) atoms. The molecule has 76 valence electrons. The Kier molecular flexibility index (Phi) is 3.24. The largest absolute Gasteiger partial charge is 0.327 e. The number of benzene rings is 1. The lowest BCUT2D eigenvalue weighted by Crippen LogP contribution is -2.23. The van der Waals surface area contributed by atoms with E-state index in [4.69, 9.17) is 5.73 Å². The van der Waals surface area contributed by atoms with Gasteiger partial charge in [-0.15, -0.1) is 0 Å². The summed E-state index contributed by atoms with van der Waals surface area (Å²) >= 11 is 3.43. The summed E-state index contributed by atoms with van der Waals surface area (Å²) < 4.78 is 1.14. The molecular formula is C12H16BrN. The Balaban J connectivity index is 1.85. The predicted octanol–water partition coefficient (Wildman–Crippen LogP) is 3.12. The summed E-state index contributed by atoms with van der Waals surface area (Å²) in [5.41, 5.74) is 7.42. The Morgan fingerprint density at radius 3 is 2.50 bits per heavy atom. The fourth-order valence-electron chi connectivity index (χ4n) is 1.79. The predicted molar refractivity (Wildman–Crippen MR) is 63.2 cm³/mol. The van der Waals surface area contributed by atoms with Gasteiger partial charge in [-0.25, -0.2) is 0 Å². The molecule has 2 heteroatoms. The van der Waals surface area contributed by atoms with E-state index in [9.17, 15) is 0 Å². The fraction of sp³-hybridized carbons (Fsp3) is 0.500. The molecule has 2 N–H and O–H groups in total. The lowest BCUT2D eigenvalue weighted by atomic mass is 10.0. The molecule has 1 saturated carbocycles. The highest BCUT2D eigenvalue weighted by molar-refractivity contribution is 9.10. The summed E-state index contributed by atoms with van der Waals surface area (Å²) in [6.07, 6.45) is 5.02. The zero-order valence-electron chi connectivity index (χ0n) is 8.25. The highest BCUT2D eigenvalue weighted by Crippen LogP contribution is 2.33. The van der Waals surface area contributed by atoms with Gasteiger partial charge in [0.05, 0.1) is 0 Å². The first-order chi connectivity index (χ1) is 6.74. The van der Waals surface area contributed by atoms with Crippen LogP contribution >= 0.6 is 15.9 Å². The van der Waals surface area contributed by atoms with Crippen LogP contribution in [0.1, 0.15) is 24.8 Å². The number of rotatable bonds is 4.